The maximum absolute atomic E-state index is 12.1. The summed E-state index contributed by atoms with van der Waals surface area (Å²) in [5, 5.41) is 6.12. The van der Waals surface area contributed by atoms with E-state index in [0.717, 1.165) is 6.42 Å². The number of nitrogens with one attached hydrogen (secondary N) is 2. The van der Waals surface area contributed by atoms with Crippen molar-refractivity contribution < 1.29 is 9.59 Å². The zero-order valence-corrected chi connectivity index (χ0v) is 15.0. The highest BCUT2D eigenvalue weighted by Gasteiger charge is 2.11. The fourth-order valence-corrected chi connectivity index (χ4v) is 2.56. The Labute approximate surface area is 149 Å². The van der Waals surface area contributed by atoms with Crippen molar-refractivity contribution in [1.29, 1.82) is 0 Å². The van der Waals surface area contributed by atoms with Crippen LogP contribution in [0.2, 0.25) is 0 Å². The second kappa shape index (κ2) is 8.99. The summed E-state index contributed by atoms with van der Waals surface area (Å²) in [5.41, 5.74) is 2.44. The predicted octanol–water partition coefficient (Wildman–Crippen LogP) is 3.07. The van der Waals surface area contributed by atoms with Crippen LogP contribution in [0.4, 0.5) is 5.69 Å². The second-order valence-electron chi connectivity index (χ2n) is 6.08. The van der Waals surface area contributed by atoms with Crippen LogP contribution in [0, 0.1) is 0 Å². The minimum Gasteiger partial charge on any atom is -0.345 e. The average molecular weight is 339 g/mol. The Morgan fingerprint density at radius 1 is 1.00 bits per heavy atom. The Hall–Kier alpha value is -2.66. The molecule has 0 saturated carbocycles. The molecule has 0 bridgehead atoms. The van der Waals surface area contributed by atoms with Crippen molar-refractivity contribution in [1.82, 2.24) is 10.2 Å². The molecule has 0 aliphatic heterocycles. The van der Waals surface area contributed by atoms with Gasteiger partial charge in [-0.15, -0.1) is 0 Å². The lowest BCUT2D eigenvalue weighted by Gasteiger charge is -2.17. The van der Waals surface area contributed by atoms with Crippen molar-refractivity contribution in [2.45, 2.75) is 19.4 Å². The van der Waals surface area contributed by atoms with Crippen LogP contribution in [0.15, 0.2) is 54.6 Å². The van der Waals surface area contributed by atoms with E-state index in [4.69, 9.17) is 0 Å². The Balaban J connectivity index is 1.88. The molecule has 0 saturated heterocycles. The lowest BCUT2D eigenvalue weighted by atomic mass is 10.0. The van der Waals surface area contributed by atoms with Crippen LogP contribution in [-0.4, -0.2) is 37.4 Å². The van der Waals surface area contributed by atoms with E-state index in [0.29, 0.717) is 11.3 Å². The Kier molecular flexibility index (Phi) is 6.71. The van der Waals surface area contributed by atoms with E-state index in [1.54, 1.807) is 38.4 Å². The fourth-order valence-electron chi connectivity index (χ4n) is 2.56. The molecule has 25 heavy (non-hydrogen) atoms. The van der Waals surface area contributed by atoms with Gasteiger partial charge in [-0.1, -0.05) is 37.3 Å². The van der Waals surface area contributed by atoms with E-state index in [1.165, 1.54) is 10.5 Å². The van der Waals surface area contributed by atoms with Gasteiger partial charge < -0.3 is 15.5 Å². The van der Waals surface area contributed by atoms with E-state index >= 15 is 0 Å². The van der Waals surface area contributed by atoms with Crippen LogP contribution in [0.25, 0.3) is 0 Å². The summed E-state index contributed by atoms with van der Waals surface area (Å²) in [6.07, 6.45) is 0.901. The van der Waals surface area contributed by atoms with Gasteiger partial charge in [0.2, 0.25) is 5.91 Å². The number of carbonyl (C=O) groups is 2. The largest absolute Gasteiger partial charge is 0.345 e. The van der Waals surface area contributed by atoms with Crippen LogP contribution in [0.5, 0.6) is 0 Å². The quantitative estimate of drug-likeness (QED) is 0.815. The molecule has 0 radical (unpaired) electrons. The first-order valence-corrected chi connectivity index (χ1v) is 8.41. The standard InChI is InChI=1S/C20H25N3O2/c1-4-18(15-8-6-5-7-9-15)21-14-19(24)22-17-12-10-16(11-13-17)20(25)23(2)3/h5-13,18,21H,4,14H2,1-3H3,(H,22,24). The molecule has 0 aliphatic carbocycles. The van der Waals surface area contributed by atoms with Crippen molar-refractivity contribution in [2.75, 3.05) is 26.0 Å². The van der Waals surface area contributed by atoms with Crippen molar-refractivity contribution >= 4 is 17.5 Å². The molecule has 0 heterocycles. The van der Waals surface area contributed by atoms with Crippen molar-refractivity contribution in [3.63, 3.8) is 0 Å². The summed E-state index contributed by atoms with van der Waals surface area (Å²) >= 11 is 0. The highest BCUT2D eigenvalue weighted by atomic mass is 16.2. The number of hydrogen-bond acceptors (Lipinski definition) is 3. The number of nitrogens with zero attached hydrogens (tertiary/aromatic N) is 1. The lowest BCUT2D eigenvalue weighted by molar-refractivity contribution is -0.115. The Morgan fingerprint density at radius 3 is 2.20 bits per heavy atom. The summed E-state index contributed by atoms with van der Waals surface area (Å²) in [5.74, 6) is -0.172. The van der Waals surface area contributed by atoms with Gasteiger partial charge in [-0.3, -0.25) is 9.59 Å². The molecule has 0 aromatic heterocycles. The summed E-state index contributed by atoms with van der Waals surface area (Å²) in [4.78, 5) is 25.5. The topological polar surface area (TPSA) is 61.4 Å². The predicted molar refractivity (Wildman–Crippen MR) is 101 cm³/mol. The summed E-state index contributed by atoms with van der Waals surface area (Å²) in [6.45, 7) is 2.31. The summed E-state index contributed by atoms with van der Waals surface area (Å²) < 4.78 is 0. The fraction of sp³-hybridized carbons (Fsp3) is 0.300. The highest BCUT2D eigenvalue weighted by molar-refractivity contribution is 5.96. The number of rotatable bonds is 7. The van der Waals surface area contributed by atoms with Gasteiger partial charge in [0.15, 0.2) is 0 Å². The van der Waals surface area contributed by atoms with E-state index in [2.05, 4.69) is 29.7 Å². The molecule has 0 spiro atoms. The van der Waals surface area contributed by atoms with Crippen molar-refractivity contribution in [3.05, 3.63) is 65.7 Å². The molecule has 1 unspecified atom stereocenters. The van der Waals surface area contributed by atoms with Gasteiger partial charge >= 0.3 is 0 Å². The zero-order chi connectivity index (χ0) is 18.2. The molecule has 5 nitrogen and oxygen atoms in total. The maximum Gasteiger partial charge on any atom is 0.253 e. The molecule has 2 aromatic rings. The number of amides is 2. The van der Waals surface area contributed by atoms with Crippen LogP contribution in [0.3, 0.4) is 0 Å². The molecule has 0 fully saturated rings. The van der Waals surface area contributed by atoms with Crippen LogP contribution in [-0.2, 0) is 4.79 Å². The van der Waals surface area contributed by atoms with Gasteiger partial charge in [0.25, 0.3) is 5.91 Å². The monoisotopic (exact) mass is 339 g/mol. The van der Waals surface area contributed by atoms with Gasteiger partial charge in [-0.05, 0) is 36.2 Å². The van der Waals surface area contributed by atoms with E-state index in [9.17, 15) is 9.59 Å². The number of carbonyl (C=O) groups excluding carboxylic acids is 2. The van der Waals surface area contributed by atoms with Gasteiger partial charge in [0, 0.05) is 31.4 Å². The van der Waals surface area contributed by atoms with E-state index in [-0.39, 0.29) is 24.4 Å². The summed E-state index contributed by atoms with van der Waals surface area (Å²) in [6, 6.07) is 17.1. The van der Waals surface area contributed by atoms with E-state index in [1.807, 2.05) is 18.2 Å². The Morgan fingerprint density at radius 2 is 1.64 bits per heavy atom. The van der Waals surface area contributed by atoms with Crippen molar-refractivity contribution in [2.24, 2.45) is 0 Å². The molecular formula is C20H25N3O2. The molecule has 0 aliphatic rings. The number of hydrogen-bond donors (Lipinski definition) is 2. The molecular weight excluding hydrogens is 314 g/mol. The zero-order valence-electron chi connectivity index (χ0n) is 15.0. The highest BCUT2D eigenvalue weighted by Crippen LogP contribution is 2.15. The number of anilines is 1. The average Bonchev–Trinajstić information content (AvgIpc) is 2.63. The lowest BCUT2D eigenvalue weighted by Crippen LogP contribution is -2.31. The molecule has 2 amide bonds. The van der Waals surface area contributed by atoms with Gasteiger partial charge in [0.05, 0.1) is 6.54 Å². The summed E-state index contributed by atoms with van der Waals surface area (Å²) in [7, 11) is 3.42. The maximum atomic E-state index is 12.1. The van der Waals surface area contributed by atoms with E-state index < -0.39 is 0 Å². The first kappa shape index (κ1) is 18.7. The molecule has 2 rings (SSSR count). The third kappa shape index (κ3) is 5.43. The van der Waals surface area contributed by atoms with Gasteiger partial charge in [0.1, 0.15) is 0 Å². The third-order valence-electron chi connectivity index (χ3n) is 3.94. The molecule has 2 N–H and O–H groups in total. The molecule has 5 heteroatoms. The van der Waals surface area contributed by atoms with Gasteiger partial charge in [-0.2, -0.15) is 0 Å². The van der Waals surface area contributed by atoms with Crippen LogP contribution >= 0.6 is 0 Å². The third-order valence-corrected chi connectivity index (χ3v) is 3.94. The van der Waals surface area contributed by atoms with Gasteiger partial charge in [-0.25, -0.2) is 0 Å². The number of benzene rings is 2. The SMILES string of the molecule is CCC(NCC(=O)Nc1ccc(C(=O)N(C)C)cc1)c1ccccc1. The van der Waals surface area contributed by atoms with Crippen molar-refractivity contribution in [3.8, 4) is 0 Å². The minimum atomic E-state index is -0.110. The smallest absolute Gasteiger partial charge is 0.253 e. The second-order valence-corrected chi connectivity index (χ2v) is 6.08. The first-order valence-electron chi connectivity index (χ1n) is 8.41. The molecule has 2 aromatic carbocycles. The minimum absolute atomic E-state index is 0.0619. The first-order chi connectivity index (χ1) is 12.0. The normalized spacial score (nSPS) is 11.6. The van der Waals surface area contributed by atoms with Crippen LogP contribution < -0.4 is 10.6 Å². The molecule has 1 atom stereocenters. The Bertz CT molecular complexity index is 697. The molecule has 132 valence electrons. The van der Waals surface area contributed by atoms with Crippen LogP contribution in [0.1, 0.15) is 35.3 Å².